The van der Waals surface area contributed by atoms with Crippen molar-refractivity contribution in [3.05, 3.63) is 0 Å². The van der Waals surface area contributed by atoms with Crippen molar-refractivity contribution in [2.24, 2.45) is 0 Å². The third-order valence-electron chi connectivity index (χ3n) is 1.57. The normalized spacial score (nSPS) is 34.2. The Kier molecular flexibility index (Phi) is 3.12. The van der Waals surface area contributed by atoms with E-state index >= 15 is 0 Å². The summed E-state index contributed by atoms with van der Waals surface area (Å²) in [5.74, 6) is 0. The molecule has 1 aliphatic rings. The van der Waals surface area contributed by atoms with Crippen LogP contribution in [0.25, 0.3) is 0 Å². The van der Waals surface area contributed by atoms with E-state index in [1.165, 1.54) is 0 Å². The molecule has 0 aromatic rings. The summed E-state index contributed by atoms with van der Waals surface area (Å²) in [5, 5.41) is 9.15. The van der Waals surface area contributed by atoms with Crippen LogP contribution in [0.3, 0.4) is 0 Å². The van der Waals surface area contributed by atoms with Crippen LogP contribution in [0, 0.1) is 0 Å². The number of ether oxygens (including phenoxy) is 2. The summed E-state index contributed by atoms with van der Waals surface area (Å²) in [6.07, 6.45) is 0.955. The molecular formula is C7H14O3. The van der Waals surface area contributed by atoms with Crippen LogP contribution < -0.4 is 0 Å². The third-order valence-corrected chi connectivity index (χ3v) is 1.57. The van der Waals surface area contributed by atoms with Crippen molar-refractivity contribution >= 4 is 0 Å². The molecule has 60 valence electrons. The van der Waals surface area contributed by atoms with Crippen LogP contribution in [0.4, 0.5) is 0 Å². The quantitative estimate of drug-likeness (QED) is 0.617. The lowest BCUT2D eigenvalue weighted by Crippen LogP contribution is -2.30. The van der Waals surface area contributed by atoms with Crippen molar-refractivity contribution in [3.8, 4) is 0 Å². The van der Waals surface area contributed by atoms with Gasteiger partial charge < -0.3 is 14.6 Å². The highest BCUT2D eigenvalue weighted by Gasteiger charge is 2.20. The molecule has 0 radical (unpaired) electrons. The van der Waals surface area contributed by atoms with Crippen LogP contribution in [0.1, 0.15) is 19.8 Å². The lowest BCUT2D eigenvalue weighted by Gasteiger charge is -2.25. The van der Waals surface area contributed by atoms with E-state index in [1.54, 1.807) is 0 Å². The molecule has 10 heavy (non-hydrogen) atoms. The zero-order chi connectivity index (χ0) is 7.40. The molecule has 0 aromatic heterocycles. The second-order valence-corrected chi connectivity index (χ2v) is 2.43. The van der Waals surface area contributed by atoms with Crippen LogP contribution in [0.2, 0.25) is 0 Å². The van der Waals surface area contributed by atoms with Crippen molar-refractivity contribution in [3.63, 3.8) is 0 Å². The molecule has 0 spiro atoms. The molecule has 1 heterocycles. The van der Waals surface area contributed by atoms with E-state index in [0.717, 1.165) is 6.42 Å². The van der Waals surface area contributed by atoms with Gasteiger partial charge in [0.05, 0.1) is 12.7 Å². The van der Waals surface area contributed by atoms with E-state index < -0.39 is 0 Å². The largest absolute Gasteiger partial charge is 0.393 e. The molecule has 0 amide bonds. The fourth-order valence-corrected chi connectivity index (χ4v) is 1.05. The maximum Gasteiger partial charge on any atom is 0.160 e. The number of rotatable bonds is 2. The summed E-state index contributed by atoms with van der Waals surface area (Å²) in [6.45, 7) is 3.19. The molecule has 1 N–H and O–H groups in total. The van der Waals surface area contributed by atoms with Gasteiger partial charge in [0.2, 0.25) is 0 Å². The van der Waals surface area contributed by atoms with Gasteiger partial charge in [0.25, 0.3) is 0 Å². The molecule has 0 bridgehead atoms. The maximum absolute atomic E-state index is 9.15. The van der Waals surface area contributed by atoms with Crippen LogP contribution in [0.5, 0.6) is 0 Å². The maximum atomic E-state index is 9.15. The Morgan fingerprint density at radius 2 is 2.50 bits per heavy atom. The van der Waals surface area contributed by atoms with Gasteiger partial charge in [-0.25, -0.2) is 0 Å². The van der Waals surface area contributed by atoms with Crippen molar-refractivity contribution < 1.29 is 14.6 Å². The fraction of sp³-hybridized carbons (Fsp3) is 1.00. The number of hydrogen-bond donors (Lipinski definition) is 1. The molecule has 2 atom stereocenters. The predicted molar refractivity (Wildman–Crippen MR) is 36.6 cm³/mol. The van der Waals surface area contributed by atoms with Gasteiger partial charge in [-0.3, -0.25) is 0 Å². The molecule has 3 heteroatoms. The molecule has 2 unspecified atom stereocenters. The highest BCUT2D eigenvalue weighted by Crippen LogP contribution is 2.13. The first-order valence-electron chi connectivity index (χ1n) is 3.74. The van der Waals surface area contributed by atoms with E-state index in [2.05, 4.69) is 0 Å². The zero-order valence-corrected chi connectivity index (χ0v) is 6.25. The van der Waals surface area contributed by atoms with Crippen molar-refractivity contribution in [1.82, 2.24) is 0 Å². The molecule has 1 fully saturated rings. The monoisotopic (exact) mass is 146 g/mol. The molecule has 3 nitrogen and oxygen atoms in total. The first kappa shape index (κ1) is 7.98. The van der Waals surface area contributed by atoms with Gasteiger partial charge in [-0.05, 0) is 13.3 Å². The van der Waals surface area contributed by atoms with Gasteiger partial charge in [-0.2, -0.15) is 0 Å². The van der Waals surface area contributed by atoms with Crippen molar-refractivity contribution in [2.45, 2.75) is 32.2 Å². The van der Waals surface area contributed by atoms with Crippen molar-refractivity contribution in [1.29, 1.82) is 0 Å². The van der Waals surface area contributed by atoms with E-state index in [-0.39, 0.29) is 12.4 Å². The molecule has 1 aliphatic heterocycles. The van der Waals surface area contributed by atoms with E-state index in [4.69, 9.17) is 14.6 Å². The molecular weight excluding hydrogens is 132 g/mol. The lowest BCUT2D eigenvalue weighted by atomic mass is 10.1. The Hall–Kier alpha value is -0.120. The molecule has 1 rings (SSSR count). The molecule has 0 saturated carbocycles. The van der Waals surface area contributed by atoms with Crippen LogP contribution in [0.15, 0.2) is 0 Å². The van der Waals surface area contributed by atoms with E-state index in [0.29, 0.717) is 19.6 Å². The third kappa shape index (κ3) is 2.25. The Morgan fingerprint density at radius 1 is 1.70 bits per heavy atom. The Morgan fingerprint density at radius 3 is 3.10 bits per heavy atom. The number of hydrogen-bond acceptors (Lipinski definition) is 3. The van der Waals surface area contributed by atoms with Crippen LogP contribution >= 0.6 is 0 Å². The smallest absolute Gasteiger partial charge is 0.160 e. The summed E-state index contributed by atoms with van der Waals surface area (Å²) < 4.78 is 10.4. The Balaban J connectivity index is 2.18. The second kappa shape index (κ2) is 3.91. The second-order valence-electron chi connectivity index (χ2n) is 2.43. The van der Waals surface area contributed by atoms with Gasteiger partial charge in [-0.1, -0.05) is 0 Å². The summed E-state index contributed by atoms with van der Waals surface area (Å²) >= 11 is 0. The number of aliphatic hydroxyl groups is 1. The topological polar surface area (TPSA) is 38.7 Å². The summed E-state index contributed by atoms with van der Waals surface area (Å²) in [4.78, 5) is 0. The molecule has 1 saturated heterocycles. The summed E-state index contributed by atoms with van der Waals surface area (Å²) in [6, 6.07) is 0. The van der Waals surface area contributed by atoms with Crippen molar-refractivity contribution in [2.75, 3.05) is 13.2 Å². The fourth-order valence-electron chi connectivity index (χ4n) is 1.05. The highest BCUT2D eigenvalue weighted by atomic mass is 16.7. The van der Waals surface area contributed by atoms with Gasteiger partial charge in [0.1, 0.15) is 0 Å². The average molecular weight is 146 g/mol. The first-order chi connectivity index (χ1) is 4.83. The first-order valence-corrected chi connectivity index (χ1v) is 3.74. The molecule has 0 aliphatic carbocycles. The summed E-state index contributed by atoms with van der Waals surface area (Å²) in [7, 11) is 0. The standard InChI is InChI=1S/C7H14O3/c1-2-9-7-5-6(8)3-4-10-7/h6-8H,2-5H2,1H3. The van der Waals surface area contributed by atoms with Crippen LogP contribution in [-0.2, 0) is 9.47 Å². The SMILES string of the molecule is CCOC1CC(O)CCO1. The van der Waals surface area contributed by atoms with E-state index in [1.807, 2.05) is 6.92 Å². The Bertz CT molecular complexity index is 92.9. The Labute approximate surface area is 60.9 Å². The van der Waals surface area contributed by atoms with Gasteiger partial charge in [-0.15, -0.1) is 0 Å². The number of aliphatic hydroxyl groups excluding tert-OH is 1. The predicted octanol–water partition coefficient (Wildman–Crippen LogP) is 0.520. The average Bonchev–Trinajstić information content (AvgIpc) is 1.88. The minimum Gasteiger partial charge on any atom is -0.393 e. The van der Waals surface area contributed by atoms with E-state index in [9.17, 15) is 0 Å². The highest BCUT2D eigenvalue weighted by molar-refractivity contribution is 4.63. The molecule has 0 aromatic carbocycles. The lowest BCUT2D eigenvalue weighted by molar-refractivity contribution is -0.182. The summed E-state index contributed by atoms with van der Waals surface area (Å²) in [5.41, 5.74) is 0. The van der Waals surface area contributed by atoms with Crippen LogP contribution in [-0.4, -0.2) is 30.7 Å². The minimum absolute atomic E-state index is 0.172. The van der Waals surface area contributed by atoms with Gasteiger partial charge >= 0.3 is 0 Å². The van der Waals surface area contributed by atoms with Gasteiger partial charge in [0.15, 0.2) is 6.29 Å². The van der Waals surface area contributed by atoms with Gasteiger partial charge in [0, 0.05) is 13.0 Å². The minimum atomic E-state index is -0.231. The zero-order valence-electron chi connectivity index (χ0n) is 6.25.